The third-order valence-electron chi connectivity index (χ3n) is 12.6. The number of esters is 2. The maximum atomic E-state index is 14.5. The fourth-order valence-corrected chi connectivity index (χ4v) is 10.9. The van der Waals surface area contributed by atoms with Crippen molar-refractivity contribution < 1.29 is 43.6 Å². The summed E-state index contributed by atoms with van der Waals surface area (Å²) in [5.74, 6) is -6.19. The summed E-state index contributed by atoms with van der Waals surface area (Å²) in [6.07, 6.45) is -0.406. The number of ketones is 1. The number of Topliss-reactive ketones (excluding diaryl/α,β-unsaturated/α-hetero) is 1. The lowest BCUT2D eigenvalue weighted by Gasteiger charge is -2.74. The summed E-state index contributed by atoms with van der Waals surface area (Å²) >= 11 is 6.25. The minimum absolute atomic E-state index is 0.00201. The predicted molar refractivity (Wildman–Crippen MR) is 164 cm³/mol. The molecular weight excluding hydrogens is 614 g/mol. The lowest BCUT2D eigenvalue weighted by atomic mass is 9.35. The second-order valence-electron chi connectivity index (χ2n) is 15.0. The van der Waals surface area contributed by atoms with Gasteiger partial charge in [-0.2, -0.15) is 0 Å². The Morgan fingerprint density at radius 3 is 2.43 bits per heavy atom. The first-order valence-electron chi connectivity index (χ1n) is 16.4. The number of hydrogen-bond donors (Lipinski definition) is 2. The van der Waals surface area contributed by atoms with Gasteiger partial charge in [0.15, 0.2) is 5.78 Å². The van der Waals surface area contributed by atoms with Gasteiger partial charge in [-0.15, -0.1) is 0 Å². The predicted octanol–water partition coefficient (Wildman–Crippen LogP) is 3.70. The number of aliphatic hydroxyl groups excluding tert-OH is 1. The van der Waals surface area contributed by atoms with Crippen LogP contribution in [0, 0.1) is 39.9 Å². The number of carbonyl (C=O) groups excluding carboxylic acids is 4. The zero-order chi connectivity index (χ0) is 33.0. The highest BCUT2D eigenvalue weighted by Crippen LogP contribution is 2.77. The molecule has 1 amide bonds. The molecule has 4 aliphatic carbocycles. The number of piperidine rings is 1. The number of rotatable bonds is 4. The summed E-state index contributed by atoms with van der Waals surface area (Å²) in [6.45, 7) is 10.2. The van der Waals surface area contributed by atoms with Crippen LogP contribution in [-0.4, -0.2) is 82.5 Å². The molecule has 1 aromatic carbocycles. The molecular formula is C35H42ClNO9. The van der Waals surface area contributed by atoms with E-state index in [-0.39, 0.29) is 18.1 Å². The second kappa shape index (κ2) is 10.6. The van der Waals surface area contributed by atoms with E-state index >= 15 is 0 Å². The number of likely N-dealkylation sites (tertiary alicyclic amines) is 1. The third-order valence-corrected chi connectivity index (χ3v) is 12.9. The Labute approximate surface area is 273 Å². The van der Waals surface area contributed by atoms with Crippen molar-refractivity contribution in [2.45, 2.75) is 83.4 Å². The Kier molecular flexibility index (Phi) is 7.33. The normalized spacial score (nSPS) is 41.0. The minimum Gasteiger partial charge on any atom is -0.462 e. The van der Waals surface area contributed by atoms with E-state index in [0.717, 1.165) is 0 Å². The van der Waals surface area contributed by atoms with Crippen LogP contribution in [-0.2, 0) is 28.6 Å². The first kappa shape index (κ1) is 31.8. The Bertz CT molecular complexity index is 1520. The van der Waals surface area contributed by atoms with Gasteiger partial charge in [0.2, 0.25) is 5.79 Å². The third kappa shape index (κ3) is 3.99. The van der Waals surface area contributed by atoms with Crippen LogP contribution < -0.4 is 0 Å². The van der Waals surface area contributed by atoms with E-state index in [9.17, 15) is 29.4 Å². The van der Waals surface area contributed by atoms with Gasteiger partial charge >= 0.3 is 11.9 Å². The van der Waals surface area contributed by atoms with Gasteiger partial charge < -0.3 is 29.3 Å². The Morgan fingerprint density at radius 2 is 1.76 bits per heavy atom. The van der Waals surface area contributed by atoms with Crippen molar-refractivity contribution in [1.82, 2.24) is 4.90 Å². The molecule has 46 heavy (non-hydrogen) atoms. The second-order valence-corrected chi connectivity index (χ2v) is 15.4. The lowest BCUT2D eigenvalue weighted by molar-refractivity contribution is -0.458. The van der Waals surface area contributed by atoms with Crippen LogP contribution in [0.15, 0.2) is 36.4 Å². The van der Waals surface area contributed by atoms with E-state index in [1.54, 1.807) is 29.2 Å². The van der Waals surface area contributed by atoms with Crippen LogP contribution in [0.3, 0.4) is 0 Å². The number of carbonyl (C=O) groups is 4. The average Bonchev–Trinajstić information content (AvgIpc) is 3.13. The molecule has 3 aliphatic heterocycles. The van der Waals surface area contributed by atoms with Crippen molar-refractivity contribution in [1.29, 1.82) is 0 Å². The quantitative estimate of drug-likeness (QED) is 0.367. The van der Waals surface area contributed by atoms with Crippen LogP contribution in [0.5, 0.6) is 0 Å². The van der Waals surface area contributed by atoms with Gasteiger partial charge in [0.1, 0.15) is 23.7 Å². The molecule has 10 nitrogen and oxygen atoms in total. The number of hydrogen-bond acceptors (Lipinski definition) is 9. The number of aliphatic hydroxyl groups is 2. The summed E-state index contributed by atoms with van der Waals surface area (Å²) in [6, 6.07) is 6.84. The Morgan fingerprint density at radius 1 is 1.07 bits per heavy atom. The van der Waals surface area contributed by atoms with Crippen molar-refractivity contribution in [3.05, 3.63) is 47.0 Å². The molecule has 1 aromatic rings. The van der Waals surface area contributed by atoms with Gasteiger partial charge in [0, 0.05) is 37.3 Å². The smallest absolute Gasteiger partial charge is 0.309 e. The zero-order valence-corrected chi connectivity index (χ0v) is 27.3. The largest absolute Gasteiger partial charge is 0.462 e. The number of fused-ring (bicyclic) bond motifs is 2. The standard InChI is InChI=1S/C35H42ClNO9/c1-18-21-9-10-24-33-17-44-35(43,28(40)26(33)32(3,4)14-11-25(33)45-19(2)38)34(24,27(18)39)29(21)46-31(42)20-12-15-37(16-13-20)30(41)22-7-5-6-8-23(22)36/h5-8,20-21,24-26,28-29,40,43H,1,9-17H2,2-4H3/t21-,24-,25-,26+,28-,29+,33+,34-,35+/m0/s1. The van der Waals surface area contributed by atoms with Gasteiger partial charge in [0.05, 0.1) is 23.1 Å². The molecule has 3 heterocycles. The number of nitrogens with zero attached hydrogens (tertiary/aromatic N) is 1. The average molecular weight is 656 g/mol. The first-order valence-corrected chi connectivity index (χ1v) is 16.8. The Balaban J connectivity index is 1.21. The maximum Gasteiger partial charge on any atom is 0.309 e. The molecule has 248 valence electrons. The molecule has 0 aromatic heterocycles. The van der Waals surface area contributed by atoms with Gasteiger partial charge in [-0.3, -0.25) is 19.2 Å². The van der Waals surface area contributed by atoms with Gasteiger partial charge in [-0.1, -0.05) is 44.2 Å². The van der Waals surface area contributed by atoms with Crippen LogP contribution in [0.2, 0.25) is 5.02 Å². The molecule has 9 atom stereocenters. The van der Waals surface area contributed by atoms with Crippen LogP contribution in [0.1, 0.15) is 69.7 Å². The van der Waals surface area contributed by atoms with Gasteiger partial charge in [-0.05, 0) is 67.6 Å². The van der Waals surface area contributed by atoms with Crippen molar-refractivity contribution in [3.8, 4) is 0 Å². The van der Waals surface area contributed by atoms with Crippen molar-refractivity contribution in [3.63, 3.8) is 0 Å². The van der Waals surface area contributed by atoms with Gasteiger partial charge in [-0.25, -0.2) is 0 Å². The summed E-state index contributed by atoms with van der Waals surface area (Å²) in [4.78, 5) is 55.6. The summed E-state index contributed by atoms with van der Waals surface area (Å²) in [5.41, 5.74) is -2.60. The Hall–Kier alpha value is -2.79. The SMILES string of the molecule is C=C1C(=O)[C@]23[C@H](OC(=O)C4CCN(C(=O)c5ccccc5Cl)CC4)[C@H]1CC[C@H]2[C@@]12CO[C@]3(O)[C@@H](O)[C@@H]1C(C)(C)CC[C@@H]2OC(C)=O. The summed E-state index contributed by atoms with van der Waals surface area (Å²) in [5, 5.41) is 25.0. The molecule has 0 radical (unpaired) electrons. The number of ether oxygens (including phenoxy) is 3. The van der Waals surface area contributed by atoms with Crippen LogP contribution >= 0.6 is 11.6 Å². The topological polar surface area (TPSA) is 140 Å². The fraction of sp³-hybridized carbons (Fsp3) is 0.657. The van der Waals surface area contributed by atoms with E-state index < -0.39 is 81.7 Å². The zero-order valence-electron chi connectivity index (χ0n) is 26.5. The molecule has 0 unspecified atom stereocenters. The molecule has 7 aliphatic rings. The maximum absolute atomic E-state index is 14.5. The molecule has 3 saturated heterocycles. The molecule has 2 N–H and O–H groups in total. The van der Waals surface area contributed by atoms with E-state index in [0.29, 0.717) is 62.2 Å². The summed E-state index contributed by atoms with van der Waals surface area (Å²) in [7, 11) is 0. The lowest BCUT2D eigenvalue weighted by Crippen LogP contribution is -2.86. The monoisotopic (exact) mass is 655 g/mol. The number of halogens is 1. The van der Waals surface area contributed by atoms with E-state index in [1.165, 1.54) is 6.92 Å². The first-order chi connectivity index (χ1) is 21.7. The van der Waals surface area contributed by atoms with Crippen LogP contribution in [0.4, 0.5) is 0 Å². The number of amides is 1. The molecule has 7 fully saturated rings. The highest BCUT2D eigenvalue weighted by atomic mass is 35.5. The van der Waals surface area contributed by atoms with E-state index in [2.05, 4.69) is 6.58 Å². The van der Waals surface area contributed by atoms with Crippen molar-refractivity contribution in [2.24, 2.45) is 39.9 Å². The number of benzene rings is 1. The molecule has 2 spiro atoms. The van der Waals surface area contributed by atoms with E-state index in [1.807, 2.05) is 13.8 Å². The van der Waals surface area contributed by atoms with E-state index in [4.69, 9.17) is 25.8 Å². The van der Waals surface area contributed by atoms with Crippen molar-refractivity contribution in [2.75, 3.05) is 19.7 Å². The molecule has 11 heteroatoms. The highest BCUT2D eigenvalue weighted by Gasteiger charge is 2.88. The molecule has 4 saturated carbocycles. The fourth-order valence-electron chi connectivity index (χ4n) is 10.7. The minimum atomic E-state index is -2.33. The molecule has 8 rings (SSSR count). The molecule has 4 bridgehead atoms. The van der Waals surface area contributed by atoms with Crippen molar-refractivity contribution >= 4 is 35.2 Å². The highest BCUT2D eigenvalue weighted by molar-refractivity contribution is 6.33. The summed E-state index contributed by atoms with van der Waals surface area (Å²) < 4.78 is 18.5. The van der Waals surface area contributed by atoms with Crippen LogP contribution in [0.25, 0.3) is 0 Å². The van der Waals surface area contributed by atoms with Gasteiger partial charge in [0.25, 0.3) is 5.91 Å².